The summed E-state index contributed by atoms with van der Waals surface area (Å²) < 4.78 is -2.09. The highest BCUT2D eigenvalue weighted by molar-refractivity contribution is 6.68. The maximum absolute atomic E-state index is 13.4. The summed E-state index contributed by atoms with van der Waals surface area (Å²) in [5.74, 6) is -1.14. The lowest BCUT2D eigenvalue weighted by Crippen LogP contribution is -2.45. The summed E-state index contributed by atoms with van der Waals surface area (Å²) >= 11 is 36.9. The molecule has 2 atom stereocenters. The number of aromatic nitrogens is 4. The third kappa shape index (κ3) is 6.20. The summed E-state index contributed by atoms with van der Waals surface area (Å²) in [5, 5.41) is 5.14. The summed E-state index contributed by atoms with van der Waals surface area (Å²) in [7, 11) is 0. The molecule has 4 aromatic rings. The highest BCUT2D eigenvalue weighted by atomic mass is 35.6. The zero-order valence-corrected chi connectivity index (χ0v) is 23.4. The minimum atomic E-state index is -2.16. The Labute approximate surface area is 245 Å². The van der Waals surface area contributed by atoms with Crippen molar-refractivity contribution in [2.75, 3.05) is 0 Å². The Morgan fingerprint density at radius 1 is 0.684 bits per heavy atom. The predicted molar refractivity (Wildman–Crippen MR) is 148 cm³/mol. The Balaban J connectivity index is 1.73. The van der Waals surface area contributed by atoms with Crippen LogP contribution in [0.1, 0.15) is 33.0 Å². The lowest BCUT2D eigenvalue weighted by atomic mass is 10.2. The van der Waals surface area contributed by atoms with Crippen LogP contribution in [0.25, 0.3) is 11.2 Å². The molecule has 2 aromatic carbocycles. The summed E-state index contributed by atoms with van der Waals surface area (Å²) in [6.45, 7) is 0. The van der Waals surface area contributed by atoms with Crippen molar-refractivity contribution in [1.82, 2.24) is 29.7 Å². The number of nitrogens with one attached hydrogen (secondary N) is 2. The Morgan fingerprint density at radius 2 is 1.11 bits per heavy atom. The van der Waals surface area contributed by atoms with E-state index in [1.54, 1.807) is 60.7 Å². The Morgan fingerprint density at radius 3 is 1.55 bits per heavy atom. The fraction of sp³-hybridized carbons (Fsp3) is 0.174. The van der Waals surface area contributed by atoms with Crippen molar-refractivity contribution < 1.29 is 9.59 Å². The lowest BCUT2D eigenvalue weighted by Gasteiger charge is -2.28. The molecular formula is C23H16Cl6N6O3. The number of amides is 2. The average molecular weight is 637 g/mol. The fourth-order valence-corrected chi connectivity index (χ4v) is 4.47. The van der Waals surface area contributed by atoms with Gasteiger partial charge < -0.3 is 10.6 Å². The molecule has 15 heteroatoms. The second-order valence-electron chi connectivity index (χ2n) is 7.85. The second-order valence-corrected chi connectivity index (χ2v) is 12.6. The number of benzene rings is 2. The van der Waals surface area contributed by atoms with Crippen molar-refractivity contribution in [1.29, 1.82) is 0 Å². The highest BCUT2D eigenvalue weighted by Crippen LogP contribution is 2.39. The van der Waals surface area contributed by atoms with Gasteiger partial charge in [0, 0.05) is 11.1 Å². The molecule has 198 valence electrons. The Kier molecular flexibility index (Phi) is 8.46. The number of fused-ring (bicyclic) bond motifs is 1. The first-order valence-electron chi connectivity index (χ1n) is 10.7. The van der Waals surface area contributed by atoms with Crippen LogP contribution in [-0.2, 0) is 0 Å². The van der Waals surface area contributed by atoms with E-state index < -0.39 is 37.3 Å². The van der Waals surface area contributed by atoms with Gasteiger partial charge in [-0.1, -0.05) is 106 Å². The lowest BCUT2D eigenvalue weighted by molar-refractivity contribution is 0.0912. The molecular weight excluding hydrogens is 621 g/mol. The molecule has 0 radical (unpaired) electrons. The zero-order chi connectivity index (χ0) is 27.7. The number of hydrogen-bond donors (Lipinski definition) is 2. The number of alkyl halides is 6. The maximum atomic E-state index is 13.4. The predicted octanol–water partition coefficient (Wildman–Crippen LogP) is 5.19. The van der Waals surface area contributed by atoms with Crippen LogP contribution < -0.4 is 16.2 Å². The number of carbonyl (C=O) groups is 2. The van der Waals surface area contributed by atoms with Crippen LogP contribution in [0.5, 0.6) is 0 Å². The van der Waals surface area contributed by atoms with Gasteiger partial charge in [-0.15, -0.1) is 0 Å². The van der Waals surface area contributed by atoms with E-state index in [0.29, 0.717) is 5.56 Å². The fourth-order valence-electron chi connectivity index (χ4n) is 3.51. The topological polar surface area (TPSA) is 111 Å². The van der Waals surface area contributed by atoms with E-state index in [2.05, 4.69) is 20.6 Å². The maximum Gasteiger partial charge on any atom is 0.283 e. The quantitative estimate of drug-likeness (QED) is 0.283. The number of hydrogen-bond acceptors (Lipinski definition) is 5. The molecule has 0 spiro atoms. The van der Waals surface area contributed by atoms with E-state index in [1.807, 2.05) is 0 Å². The molecule has 0 aliphatic rings. The van der Waals surface area contributed by atoms with Crippen molar-refractivity contribution in [3.05, 3.63) is 94.8 Å². The van der Waals surface area contributed by atoms with E-state index in [1.165, 1.54) is 10.9 Å². The molecule has 2 heterocycles. The molecule has 2 aromatic heterocycles. The van der Waals surface area contributed by atoms with Gasteiger partial charge in [-0.05, 0) is 24.3 Å². The van der Waals surface area contributed by atoms with Crippen molar-refractivity contribution in [2.24, 2.45) is 0 Å². The van der Waals surface area contributed by atoms with Gasteiger partial charge in [-0.3, -0.25) is 23.5 Å². The van der Waals surface area contributed by atoms with Crippen LogP contribution in [0.3, 0.4) is 0 Å². The molecule has 0 unspecified atom stereocenters. The summed E-state index contributed by atoms with van der Waals surface area (Å²) in [5.41, 5.74) is -0.415. The van der Waals surface area contributed by atoms with Crippen LogP contribution in [0, 0.1) is 0 Å². The van der Waals surface area contributed by atoms with Crippen molar-refractivity contribution in [2.45, 2.75) is 19.9 Å². The Hall–Kier alpha value is -2.53. The molecule has 0 saturated carbocycles. The summed E-state index contributed by atoms with van der Waals surface area (Å²) in [6.07, 6.45) is -0.547. The van der Waals surface area contributed by atoms with Gasteiger partial charge in [-0.2, -0.15) is 0 Å². The smallest absolute Gasteiger partial charge is 0.283 e. The third-order valence-corrected chi connectivity index (χ3v) is 6.53. The van der Waals surface area contributed by atoms with Crippen molar-refractivity contribution in [3.63, 3.8) is 0 Å². The number of carbonyl (C=O) groups excluding carboxylic acids is 2. The van der Waals surface area contributed by atoms with E-state index in [4.69, 9.17) is 69.6 Å². The second kappa shape index (κ2) is 11.3. The molecule has 38 heavy (non-hydrogen) atoms. The van der Waals surface area contributed by atoms with Crippen LogP contribution in [0.15, 0.2) is 78.1 Å². The monoisotopic (exact) mass is 634 g/mol. The zero-order valence-electron chi connectivity index (χ0n) is 18.9. The third-order valence-electron chi connectivity index (χ3n) is 5.29. The van der Waals surface area contributed by atoms with Crippen LogP contribution in [0.2, 0.25) is 0 Å². The van der Waals surface area contributed by atoms with E-state index in [9.17, 15) is 14.4 Å². The first-order chi connectivity index (χ1) is 17.9. The molecule has 0 aliphatic heterocycles. The molecule has 0 bridgehead atoms. The van der Waals surface area contributed by atoms with Crippen molar-refractivity contribution in [3.8, 4) is 0 Å². The summed E-state index contributed by atoms with van der Waals surface area (Å²) in [4.78, 5) is 47.3. The molecule has 0 fully saturated rings. The first-order valence-corrected chi connectivity index (χ1v) is 12.9. The minimum Gasteiger partial charge on any atom is -0.328 e. The van der Waals surface area contributed by atoms with Gasteiger partial charge >= 0.3 is 0 Å². The number of nitrogens with zero attached hydrogens (tertiary/aromatic N) is 4. The first kappa shape index (κ1) is 28.5. The standard InChI is InChI=1S/C23H16Cl6N6O3/c24-22(25,26)20(32-17(36)13-7-3-1-4-8-13)34-11-30-15-16(34)31-12-35(19(15)38)21(23(27,28)29)33-18(37)14-9-5-2-6-10-14/h1-12,20-21H,(H,32,36)(H,33,37)/t20-,21+/m0/s1. The molecule has 2 amide bonds. The van der Waals surface area contributed by atoms with Gasteiger partial charge in [0.1, 0.15) is 6.33 Å². The van der Waals surface area contributed by atoms with Crippen LogP contribution in [0.4, 0.5) is 0 Å². The molecule has 0 aliphatic carbocycles. The van der Waals surface area contributed by atoms with Gasteiger partial charge in [0.05, 0.1) is 6.33 Å². The van der Waals surface area contributed by atoms with Gasteiger partial charge in [0.2, 0.25) is 7.59 Å². The number of rotatable bonds is 6. The van der Waals surface area contributed by atoms with E-state index in [0.717, 1.165) is 10.9 Å². The van der Waals surface area contributed by atoms with Crippen LogP contribution in [-0.4, -0.2) is 38.5 Å². The molecule has 0 saturated heterocycles. The number of imidazole rings is 1. The molecule has 4 rings (SSSR count). The average Bonchev–Trinajstić information content (AvgIpc) is 3.30. The minimum absolute atomic E-state index is 0.0339. The normalized spacial score (nSPS) is 13.6. The largest absolute Gasteiger partial charge is 0.328 e. The van der Waals surface area contributed by atoms with Gasteiger partial charge in [0.25, 0.3) is 17.4 Å². The SMILES string of the molecule is O=C(N[C@H](n1cnc2c(ncn2[C@H](NC(=O)c2ccccc2)C(Cl)(Cl)Cl)c1=O)C(Cl)(Cl)Cl)c1ccccc1. The van der Waals surface area contributed by atoms with Gasteiger partial charge in [-0.25, -0.2) is 9.97 Å². The van der Waals surface area contributed by atoms with E-state index >= 15 is 0 Å². The molecule has 9 nitrogen and oxygen atoms in total. The van der Waals surface area contributed by atoms with Crippen LogP contribution >= 0.6 is 69.6 Å². The Bertz CT molecular complexity index is 1520. The van der Waals surface area contributed by atoms with Crippen molar-refractivity contribution >= 4 is 92.6 Å². The highest BCUT2D eigenvalue weighted by Gasteiger charge is 2.39. The van der Waals surface area contributed by atoms with E-state index in [-0.39, 0.29) is 16.7 Å². The molecule has 2 N–H and O–H groups in total. The number of halogens is 6. The summed E-state index contributed by atoms with van der Waals surface area (Å²) in [6, 6.07) is 16.4. The van der Waals surface area contributed by atoms with Gasteiger partial charge in [0.15, 0.2) is 23.5 Å².